The van der Waals surface area contributed by atoms with Gasteiger partial charge in [-0.25, -0.2) is 18.1 Å². The minimum atomic E-state index is -3.73. The number of ether oxygens (including phenoxy) is 3. The Bertz CT molecular complexity index is 1330. The molecule has 0 aliphatic carbocycles. The molecule has 0 bridgehead atoms. The molecule has 1 fully saturated rings. The number of fused-ring (bicyclic) bond motifs is 1. The van der Waals surface area contributed by atoms with E-state index in [4.69, 9.17) is 14.2 Å². The average molecular weight is 490 g/mol. The summed E-state index contributed by atoms with van der Waals surface area (Å²) in [5, 5.41) is 7.75. The van der Waals surface area contributed by atoms with E-state index in [-0.39, 0.29) is 30.3 Å². The van der Waals surface area contributed by atoms with Gasteiger partial charge in [-0.1, -0.05) is 0 Å². The van der Waals surface area contributed by atoms with Gasteiger partial charge in [-0.3, -0.25) is 4.79 Å². The third kappa shape index (κ3) is 4.69. The number of rotatable bonds is 7. The minimum Gasteiger partial charge on any atom is -0.495 e. The van der Waals surface area contributed by atoms with Gasteiger partial charge in [0.15, 0.2) is 12.3 Å². The van der Waals surface area contributed by atoms with Gasteiger partial charge >= 0.3 is 0 Å². The second-order valence-electron chi connectivity index (χ2n) is 7.92. The number of carbonyl (C=O) groups is 1. The molecule has 2 aromatic heterocycles. The van der Waals surface area contributed by atoms with E-state index >= 15 is 0 Å². The fraction of sp³-hybridized carbons (Fsp3) is 0.409. The Labute approximate surface area is 197 Å². The van der Waals surface area contributed by atoms with Crippen molar-refractivity contribution in [2.24, 2.45) is 7.05 Å². The number of methoxy groups -OCH3 is 1. The number of aryl methyl sites for hydroxylation is 3. The van der Waals surface area contributed by atoms with E-state index in [1.165, 1.54) is 29.6 Å². The van der Waals surface area contributed by atoms with Gasteiger partial charge in [0.1, 0.15) is 5.75 Å². The van der Waals surface area contributed by atoms with Crippen LogP contribution < -0.4 is 14.8 Å². The molecular weight excluding hydrogens is 462 g/mol. The van der Waals surface area contributed by atoms with Crippen molar-refractivity contribution in [3.63, 3.8) is 0 Å². The molecule has 1 N–H and O–H groups in total. The van der Waals surface area contributed by atoms with Gasteiger partial charge in [0.05, 0.1) is 36.3 Å². The Morgan fingerprint density at radius 3 is 2.65 bits per heavy atom. The summed E-state index contributed by atoms with van der Waals surface area (Å²) in [6.45, 7) is 4.72. The molecule has 3 aromatic rings. The molecule has 1 aliphatic heterocycles. The number of carbonyl (C=O) groups excluding carboxylic acids is 1. The standard InChI is InChI=1S/C22H27N5O6S/c1-14-11-15(2)23-21-20(14)22(25-26(21)3)33-13-19(28)24-17-12-16(5-6-18(17)31-4)34(29,30)27-7-9-32-10-8-27/h5-6,11-12H,7-10,13H2,1-4H3,(H,24,28). The molecule has 12 heteroatoms. The molecule has 0 saturated carbocycles. The van der Waals surface area contributed by atoms with Crippen molar-refractivity contribution in [2.75, 3.05) is 45.3 Å². The number of amides is 1. The van der Waals surface area contributed by atoms with Crippen molar-refractivity contribution in [1.82, 2.24) is 19.1 Å². The second kappa shape index (κ2) is 9.57. The van der Waals surface area contributed by atoms with Gasteiger partial charge in [-0.2, -0.15) is 4.31 Å². The predicted octanol–water partition coefficient (Wildman–Crippen LogP) is 1.63. The second-order valence-corrected chi connectivity index (χ2v) is 9.86. The molecule has 4 rings (SSSR count). The number of anilines is 1. The lowest BCUT2D eigenvalue weighted by Gasteiger charge is -2.26. The minimum absolute atomic E-state index is 0.0548. The number of morpholine rings is 1. The van der Waals surface area contributed by atoms with Crippen LogP contribution in [0.4, 0.5) is 5.69 Å². The van der Waals surface area contributed by atoms with Crippen LogP contribution in [0.15, 0.2) is 29.2 Å². The first kappa shape index (κ1) is 23.9. The van der Waals surface area contributed by atoms with E-state index in [0.29, 0.717) is 30.5 Å². The summed E-state index contributed by atoms with van der Waals surface area (Å²) >= 11 is 0. The maximum absolute atomic E-state index is 13.0. The van der Waals surface area contributed by atoms with Crippen LogP contribution in [0.25, 0.3) is 11.0 Å². The zero-order valence-electron chi connectivity index (χ0n) is 19.5. The lowest BCUT2D eigenvalue weighted by atomic mass is 10.2. The van der Waals surface area contributed by atoms with Gasteiger partial charge in [0, 0.05) is 25.8 Å². The molecule has 1 amide bonds. The molecule has 1 saturated heterocycles. The average Bonchev–Trinajstić information content (AvgIpc) is 3.13. The smallest absolute Gasteiger partial charge is 0.262 e. The fourth-order valence-electron chi connectivity index (χ4n) is 3.85. The zero-order chi connectivity index (χ0) is 24.5. The van der Waals surface area contributed by atoms with Gasteiger partial charge in [0.2, 0.25) is 15.9 Å². The molecule has 1 aliphatic rings. The molecule has 0 radical (unpaired) electrons. The van der Waals surface area contributed by atoms with E-state index in [2.05, 4.69) is 15.4 Å². The first-order valence-corrected chi connectivity index (χ1v) is 12.1. The number of hydrogen-bond donors (Lipinski definition) is 1. The van der Waals surface area contributed by atoms with Gasteiger partial charge in [-0.05, 0) is 43.7 Å². The third-order valence-corrected chi connectivity index (χ3v) is 7.37. The monoisotopic (exact) mass is 489 g/mol. The van der Waals surface area contributed by atoms with E-state index in [1.807, 2.05) is 19.9 Å². The molecule has 11 nitrogen and oxygen atoms in total. The normalized spacial score (nSPS) is 14.8. The third-order valence-electron chi connectivity index (χ3n) is 5.48. The first-order chi connectivity index (χ1) is 16.2. The highest BCUT2D eigenvalue weighted by Gasteiger charge is 2.27. The molecule has 0 atom stereocenters. The summed E-state index contributed by atoms with van der Waals surface area (Å²) in [5.74, 6) is 0.136. The zero-order valence-corrected chi connectivity index (χ0v) is 20.3. The quantitative estimate of drug-likeness (QED) is 0.531. The highest BCUT2D eigenvalue weighted by atomic mass is 32.2. The van der Waals surface area contributed by atoms with Crippen LogP contribution >= 0.6 is 0 Å². The van der Waals surface area contributed by atoms with Crippen LogP contribution in [0.3, 0.4) is 0 Å². The molecule has 1 aromatic carbocycles. The molecule has 34 heavy (non-hydrogen) atoms. The molecule has 3 heterocycles. The Morgan fingerprint density at radius 1 is 1.21 bits per heavy atom. The van der Waals surface area contributed by atoms with Gasteiger partial charge in [-0.15, -0.1) is 5.10 Å². The van der Waals surface area contributed by atoms with E-state index in [1.54, 1.807) is 11.7 Å². The van der Waals surface area contributed by atoms with Crippen LogP contribution in [0.5, 0.6) is 11.6 Å². The molecule has 182 valence electrons. The number of hydrogen-bond acceptors (Lipinski definition) is 8. The number of benzene rings is 1. The van der Waals surface area contributed by atoms with Crippen molar-refractivity contribution < 1.29 is 27.4 Å². The topological polar surface area (TPSA) is 125 Å². The maximum atomic E-state index is 13.0. The van der Waals surface area contributed by atoms with Crippen molar-refractivity contribution in [2.45, 2.75) is 18.7 Å². The number of nitrogens with zero attached hydrogens (tertiary/aromatic N) is 4. The summed E-state index contributed by atoms with van der Waals surface area (Å²) < 4.78 is 45.2. The summed E-state index contributed by atoms with van der Waals surface area (Å²) in [7, 11) is -0.539. The van der Waals surface area contributed by atoms with Crippen molar-refractivity contribution in [1.29, 1.82) is 0 Å². The Kier molecular flexibility index (Phi) is 6.73. The number of pyridine rings is 1. The number of nitrogens with one attached hydrogen (secondary N) is 1. The van der Waals surface area contributed by atoms with E-state index in [9.17, 15) is 13.2 Å². The van der Waals surface area contributed by atoms with Gasteiger partial charge in [0.25, 0.3) is 5.91 Å². The molecule has 0 spiro atoms. The largest absolute Gasteiger partial charge is 0.495 e. The lowest BCUT2D eigenvalue weighted by molar-refractivity contribution is -0.118. The predicted molar refractivity (Wildman–Crippen MR) is 125 cm³/mol. The van der Waals surface area contributed by atoms with Gasteiger partial charge < -0.3 is 19.5 Å². The first-order valence-electron chi connectivity index (χ1n) is 10.7. The summed E-state index contributed by atoms with van der Waals surface area (Å²) in [5.41, 5.74) is 2.69. The Morgan fingerprint density at radius 2 is 1.94 bits per heavy atom. The Hall–Kier alpha value is -3.22. The van der Waals surface area contributed by atoms with E-state index in [0.717, 1.165) is 16.6 Å². The Balaban J connectivity index is 1.52. The van der Waals surface area contributed by atoms with Crippen molar-refractivity contribution >= 4 is 32.7 Å². The molecule has 0 unspecified atom stereocenters. The summed E-state index contributed by atoms with van der Waals surface area (Å²) in [4.78, 5) is 17.2. The summed E-state index contributed by atoms with van der Waals surface area (Å²) in [6, 6.07) is 6.26. The van der Waals surface area contributed by atoms with Crippen molar-refractivity contribution in [3.8, 4) is 11.6 Å². The maximum Gasteiger partial charge on any atom is 0.262 e. The highest BCUT2D eigenvalue weighted by molar-refractivity contribution is 7.89. The SMILES string of the molecule is COc1ccc(S(=O)(=O)N2CCOCC2)cc1NC(=O)COc1nn(C)c2nc(C)cc(C)c12. The summed E-state index contributed by atoms with van der Waals surface area (Å²) in [6.07, 6.45) is 0. The van der Waals surface area contributed by atoms with Crippen molar-refractivity contribution in [3.05, 3.63) is 35.5 Å². The van der Waals surface area contributed by atoms with Crippen LogP contribution in [0.1, 0.15) is 11.3 Å². The number of aromatic nitrogens is 3. The molecular formula is C22H27N5O6S. The number of sulfonamides is 1. The van der Waals surface area contributed by atoms with Crippen LogP contribution in [-0.2, 0) is 26.6 Å². The lowest BCUT2D eigenvalue weighted by Crippen LogP contribution is -2.40. The van der Waals surface area contributed by atoms with Crippen LogP contribution in [0.2, 0.25) is 0 Å². The highest BCUT2D eigenvalue weighted by Crippen LogP contribution is 2.30. The van der Waals surface area contributed by atoms with Crippen LogP contribution in [-0.4, -0.2) is 73.4 Å². The fourth-order valence-corrected chi connectivity index (χ4v) is 5.29. The van der Waals surface area contributed by atoms with Crippen LogP contribution in [0, 0.1) is 13.8 Å². The van der Waals surface area contributed by atoms with E-state index < -0.39 is 15.9 Å².